The van der Waals surface area contributed by atoms with Crippen molar-refractivity contribution in [3.05, 3.63) is 42.2 Å². The van der Waals surface area contributed by atoms with E-state index in [1.807, 2.05) is 18.5 Å². The molecule has 0 aliphatic heterocycles. The fourth-order valence-corrected chi connectivity index (χ4v) is 2.44. The van der Waals surface area contributed by atoms with Gasteiger partial charge in [0, 0.05) is 30.7 Å². The van der Waals surface area contributed by atoms with E-state index in [2.05, 4.69) is 33.7 Å². The van der Waals surface area contributed by atoms with E-state index in [0.29, 0.717) is 0 Å². The summed E-state index contributed by atoms with van der Waals surface area (Å²) in [5.41, 5.74) is 1.07. The largest absolute Gasteiger partial charge is 0.495 e. The molecule has 21 heavy (non-hydrogen) atoms. The first kappa shape index (κ1) is 15.5. The zero-order chi connectivity index (χ0) is 15.1. The summed E-state index contributed by atoms with van der Waals surface area (Å²) < 4.78 is 7.67. The Bertz CT molecular complexity index is 553. The van der Waals surface area contributed by atoms with E-state index < -0.39 is 0 Å². The van der Waals surface area contributed by atoms with Crippen molar-refractivity contribution in [1.82, 2.24) is 19.9 Å². The van der Waals surface area contributed by atoms with Gasteiger partial charge in [-0.3, -0.25) is 4.98 Å². The van der Waals surface area contributed by atoms with Crippen LogP contribution in [0.2, 0.25) is 0 Å². The lowest BCUT2D eigenvalue weighted by molar-refractivity contribution is 0.399. The topological polar surface area (TPSA) is 52.0 Å². The number of hydrogen-bond acceptors (Lipinski definition) is 4. The fourth-order valence-electron chi connectivity index (χ4n) is 2.44. The second-order valence-corrected chi connectivity index (χ2v) is 4.98. The first-order valence-corrected chi connectivity index (χ1v) is 7.54. The Morgan fingerprint density at radius 2 is 2.14 bits per heavy atom. The Morgan fingerprint density at radius 1 is 1.29 bits per heavy atom. The van der Waals surface area contributed by atoms with Gasteiger partial charge in [-0.15, -0.1) is 0 Å². The highest BCUT2D eigenvalue weighted by Crippen LogP contribution is 2.28. The van der Waals surface area contributed by atoms with Crippen LogP contribution in [-0.4, -0.2) is 28.2 Å². The van der Waals surface area contributed by atoms with Crippen LogP contribution >= 0.6 is 0 Å². The van der Waals surface area contributed by atoms with Gasteiger partial charge in [-0.1, -0.05) is 13.8 Å². The van der Waals surface area contributed by atoms with Gasteiger partial charge in [-0.2, -0.15) is 0 Å². The molecule has 1 unspecified atom stereocenters. The first-order valence-electron chi connectivity index (χ1n) is 7.54. The summed E-state index contributed by atoms with van der Waals surface area (Å²) in [4.78, 5) is 8.70. The number of rotatable bonds is 8. The molecular weight excluding hydrogens is 264 g/mol. The van der Waals surface area contributed by atoms with Crippen molar-refractivity contribution in [2.24, 2.45) is 0 Å². The molecule has 0 fully saturated rings. The van der Waals surface area contributed by atoms with E-state index >= 15 is 0 Å². The van der Waals surface area contributed by atoms with Gasteiger partial charge >= 0.3 is 0 Å². The maximum atomic E-state index is 5.46. The fraction of sp³-hybridized carbons (Fsp3) is 0.500. The second-order valence-electron chi connectivity index (χ2n) is 4.98. The average molecular weight is 288 g/mol. The van der Waals surface area contributed by atoms with E-state index in [9.17, 15) is 0 Å². The van der Waals surface area contributed by atoms with Crippen LogP contribution < -0.4 is 10.1 Å². The van der Waals surface area contributed by atoms with Crippen LogP contribution in [0.15, 0.2) is 30.9 Å². The Morgan fingerprint density at radius 3 is 2.86 bits per heavy atom. The van der Waals surface area contributed by atoms with Gasteiger partial charge in [-0.25, -0.2) is 4.98 Å². The Labute approximate surface area is 126 Å². The summed E-state index contributed by atoms with van der Waals surface area (Å²) >= 11 is 0. The molecule has 5 nitrogen and oxygen atoms in total. The van der Waals surface area contributed by atoms with Gasteiger partial charge in [-0.05, 0) is 25.5 Å². The van der Waals surface area contributed by atoms with Crippen LogP contribution in [0.3, 0.4) is 0 Å². The average Bonchev–Trinajstić information content (AvgIpc) is 2.97. The zero-order valence-electron chi connectivity index (χ0n) is 13.0. The highest BCUT2D eigenvalue weighted by molar-refractivity contribution is 5.36. The van der Waals surface area contributed by atoms with Crippen molar-refractivity contribution < 1.29 is 4.74 Å². The molecule has 5 heteroatoms. The predicted octanol–water partition coefficient (Wildman–Crippen LogP) is 2.79. The number of hydrogen-bond donors (Lipinski definition) is 1. The van der Waals surface area contributed by atoms with E-state index in [1.54, 1.807) is 19.5 Å². The molecule has 2 aromatic rings. The number of imidazole rings is 1. The van der Waals surface area contributed by atoms with Gasteiger partial charge in [0.2, 0.25) is 0 Å². The third-order valence-corrected chi connectivity index (χ3v) is 3.42. The quantitative estimate of drug-likeness (QED) is 0.811. The molecule has 0 aliphatic rings. The molecule has 0 spiro atoms. The van der Waals surface area contributed by atoms with Crippen LogP contribution in [0.5, 0.6) is 5.75 Å². The van der Waals surface area contributed by atoms with Crippen molar-refractivity contribution in [3.8, 4) is 5.75 Å². The van der Waals surface area contributed by atoms with Gasteiger partial charge < -0.3 is 14.6 Å². The van der Waals surface area contributed by atoms with Gasteiger partial charge in [0.15, 0.2) is 0 Å². The summed E-state index contributed by atoms with van der Waals surface area (Å²) in [7, 11) is 1.68. The molecular formula is C16H24N4O. The number of ether oxygens (including phenoxy) is 1. The van der Waals surface area contributed by atoms with E-state index in [-0.39, 0.29) is 6.04 Å². The number of methoxy groups -OCH3 is 1. The summed E-state index contributed by atoms with van der Waals surface area (Å²) in [5.74, 6) is 1.81. The number of aryl methyl sites for hydroxylation is 1. The molecule has 2 aromatic heterocycles. The highest BCUT2D eigenvalue weighted by Gasteiger charge is 2.21. The lowest BCUT2D eigenvalue weighted by Crippen LogP contribution is -2.26. The Hall–Kier alpha value is -1.88. The maximum absolute atomic E-state index is 5.46. The molecule has 0 bridgehead atoms. The molecule has 114 valence electrons. The molecule has 2 heterocycles. The normalized spacial score (nSPS) is 12.3. The van der Waals surface area contributed by atoms with Crippen molar-refractivity contribution in [2.75, 3.05) is 13.7 Å². The summed E-state index contributed by atoms with van der Waals surface area (Å²) in [6.07, 6.45) is 9.59. The van der Waals surface area contributed by atoms with Crippen molar-refractivity contribution in [1.29, 1.82) is 0 Å². The lowest BCUT2D eigenvalue weighted by Gasteiger charge is -2.21. The number of nitrogens with one attached hydrogen (secondary N) is 1. The van der Waals surface area contributed by atoms with Crippen LogP contribution in [0.4, 0.5) is 0 Å². The van der Waals surface area contributed by atoms with Crippen LogP contribution in [0, 0.1) is 0 Å². The highest BCUT2D eigenvalue weighted by atomic mass is 16.5. The number of pyridine rings is 1. The first-order chi connectivity index (χ1) is 10.3. The maximum Gasteiger partial charge on any atom is 0.142 e. The minimum atomic E-state index is 0.0180. The molecule has 2 rings (SSSR count). The molecule has 0 aliphatic carbocycles. The summed E-state index contributed by atoms with van der Waals surface area (Å²) in [6, 6.07) is 2.02. The van der Waals surface area contributed by atoms with Gasteiger partial charge in [0.05, 0.1) is 19.3 Å². The van der Waals surface area contributed by atoms with Gasteiger partial charge in [0.25, 0.3) is 0 Å². The third kappa shape index (κ3) is 3.61. The lowest BCUT2D eigenvalue weighted by atomic mass is 10.1. The number of nitrogens with zero attached hydrogens (tertiary/aromatic N) is 3. The van der Waals surface area contributed by atoms with Crippen molar-refractivity contribution in [3.63, 3.8) is 0 Å². The molecule has 0 aromatic carbocycles. The molecule has 1 atom stereocenters. The van der Waals surface area contributed by atoms with Crippen LogP contribution in [0.1, 0.15) is 44.1 Å². The predicted molar refractivity (Wildman–Crippen MR) is 83.4 cm³/mol. The van der Waals surface area contributed by atoms with E-state index in [0.717, 1.165) is 43.1 Å². The van der Waals surface area contributed by atoms with Gasteiger partial charge in [0.1, 0.15) is 11.6 Å². The minimum Gasteiger partial charge on any atom is -0.495 e. The van der Waals surface area contributed by atoms with Crippen LogP contribution in [0.25, 0.3) is 0 Å². The van der Waals surface area contributed by atoms with Crippen LogP contribution in [-0.2, 0) is 6.54 Å². The van der Waals surface area contributed by atoms with Crippen molar-refractivity contribution in [2.45, 2.75) is 39.3 Å². The molecule has 0 amide bonds. The molecule has 0 radical (unpaired) electrons. The number of aromatic nitrogens is 3. The molecule has 1 N–H and O–H groups in total. The SMILES string of the molecule is CCCNC(c1ccncc1OC)c1nccn1CCC. The Balaban J connectivity index is 2.40. The van der Waals surface area contributed by atoms with E-state index in [4.69, 9.17) is 4.74 Å². The summed E-state index contributed by atoms with van der Waals surface area (Å²) in [6.45, 7) is 6.22. The minimum absolute atomic E-state index is 0.0180. The smallest absolute Gasteiger partial charge is 0.142 e. The zero-order valence-corrected chi connectivity index (χ0v) is 13.0. The van der Waals surface area contributed by atoms with E-state index in [1.165, 1.54) is 0 Å². The Kier molecular flexibility index (Phi) is 5.75. The summed E-state index contributed by atoms with van der Waals surface area (Å²) in [5, 5.41) is 3.57. The molecule has 0 saturated carbocycles. The monoisotopic (exact) mass is 288 g/mol. The van der Waals surface area contributed by atoms with Crippen molar-refractivity contribution >= 4 is 0 Å². The third-order valence-electron chi connectivity index (χ3n) is 3.42. The standard InChI is InChI=1S/C16H24N4O/c1-4-7-18-15(13-6-8-17-12-14(13)21-3)16-19-9-11-20(16)10-5-2/h6,8-9,11-12,15,18H,4-5,7,10H2,1-3H3. The molecule has 0 saturated heterocycles. The second kappa shape index (κ2) is 7.78.